The molecule has 0 bridgehead atoms. The molecule has 0 aliphatic carbocycles. The summed E-state index contributed by atoms with van der Waals surface area (Å²) in [6.45, 7) is 2.63. The van der Waals surface area contributed by atoms with Gasteiger partial charge >= 0.3 is 0 Å². The zero-order valence-electron chi connectivity index (χ0n) is 15.8. The lowest BCUT2D eigenvalue weighted by Crippen LogP contribution is -2.40. The van der Waals surface area contributed by atoms with Gasteiger partial charge in [0.1, 0.15) is 0 Å². The predicted octanol–water partition coefficient (Wildman–Crippen LogP) is 2.11. The van der Waals surface area contributed by atoms with Crippen LogP contribution in [0.3, 0.4) is 0 Å². The van der Waals surface area contributed by atoms with Gasteiger partial charge in [-0.3, -0.25) is 14.7 Å². The maximum absolute atomic E-state index is 13.1. The van der Waals surface area contributed by atoms with Crippen LogP contribution in [0.25, 0.3) is 11.3 Å². The normalized spacial score (nSPS) is 19.2. The first kappa shape index (κ1) is 19.0. The number of nitrogens with zero attached hydrogens (tertiary/aromatic N) is 3. The number of amides is 2. The van der Waals surface area contributed by atoms with Crippen LogP contribution in [-0.4, -0.2) is 65.2 Å². The van der Waals surface area contributed by atoms with Crippen LogP contribution in [0.5, 0.6) is 0 Å². The Morgan fingerprint density at radius 2 is 2.14 bits per heavy atom. The molecule has 0 spiro atoms. The molecule has 2 amide bonds. The van der Waals surface area contributed by atoms with Gasteiger partial charge in [-0.05, 0) is 12.1 Å². The van der Waals surface area contributed by atoms with Crippen molar-refractivity contribution in [3.05, 3.63) is 40.5 Å². The highest BCUT2D eigenvalue weighted by molar-refractivity contribution is 6.30. The number of hydrogen-bond donors (Lipinski definition) is 1. The molecular weight excluding hydrogens is 380 g/mol. The number of likely N-dealkylation sites (tertiary alicyclic amines) is 1. The Bertz CT molecular complexity index is 880. The van der Waals surface area contributed by atoms with E-state index in [9.17, 15) is 9.59 Å². The van der Waals surface area contributed by atoms with Crippen LogP contribution in [0.4, 0.5) is 0 Å². The molecule has 28 heavy (non-hydrogen) atoms. The smallest absolute Gasteiger partial charge is 0.228 e. The maximum Gasteiger partial charge on any atom is 0.228 e. The topological polar surface area (TPSA) is 78.5 Å². The third-order valence-corrected chi connectivity index (χ3v) is 5.74. The summed E-state index contributed by atoms with van der Waals surface area (Å²) in [5.74, 6) is -0.211. The van der Waals surface area contributed by atoms with Gasteiger partial charge in [-0.2, -0.15) is 5.10 Å². The van der Waals surface area contributed by atoms with E-state index in [0.29, 0.717) is 37.8 Å². The van der Waals surface area contributed by atoms with Crippen LogP contribution in [-0.2, 0) is 27.3 Å². The number of hydrogen-bond acceptors (Lipinski definition) is 4. The lowest BCUT2D eigenvalue weighted by molar-refractivity contribution is -0.136. The molecule has 2 aliphatic heterocycles. The molecular formula is C20H23ClN4O3. The minimum atomic E-state index is -0.281. The number of H-pyrrole nitrogens is 1. The first-order valence-electron chi connectivity index (χ1n) is 9.44. The number of carbonyl (C=O) groups is 2. The Labute approximate surface area is 168 Å². The van der Waals surface area contributed by atoms with Crippen molar-refractivity contribution in [1.29, 1.82) is 0 Å². The number of carbonyl (C=O) groups excluding carboxylic acids is 2. The average Bonchev–Trinajstić information content (AvgIpc) is 3.29. The molecule has 0 radical (unpaired) electrons. The summed E-state index contributed by atoms with van der Waals surface area (Å²) < 4.78 is 5.05. The second kappa shape index (κ2) is 7.93. The van der Waals surface area contributed by atoms with Crippen LogP contribution >= 0.6 is 11.6 Å². The molecule has 148 valence electrons. The lowest BCUT2D eigenvalue weighted by Gasteiger charge is -2.29. The molecule has 1 aromatic carbocycles. The number of nitrogens with one attached hydrogen (secondary N) is 1. The predicted molar refractivity (Wildman–Crippen MR) is 105 cm³/mol. The maximum atomic E-state index is 13.1. The van der Waals surface area contributed by atoms with Gasteiger partial charge in [0.15, 0.2) is 0 Å². The highest BCUT2D eigenvalue weighted by Crippen LogP contribution is 2.30. The Morgan fingerprint density at radius 3 is 2.89 bits per heavy atom. The Morgan fingerprint density at radius 1 is 1.36 bits per heavy atom. The fourth-order valence-electron chi connectivity index (χ4n) is 3.94. The van der Waals surface area contributed by atoms with Crippen molar-refractivity contribution >= 4 is 23.4 Å². The minimum Gasteiger partial charge on any atom is -0.383 e. The summed E-state index contributed by atoms with van der Waals surface area (Å²) in [6.07, 6.45) is 1.01. The van der Waals surface area contributed by atoms with E-state index < -0.39 is 0 Å². The van der Waals surface area contributed by atoms with Crippen LogP contribution < -0.4 is 0 Å². The highest BCUT2D eigenvalue weighted by atomic mass is 35.5. The molecule has 4 rings (SSSR count). The van der Waals surface area contributed by atoms with Gasteiger partial charge in [-0.25, -0.2) is 0 Å². The molecule has 1 aromatic heterocycles. The number of benzene rings is 1. The van der Waals surface area contributed by atoms with Crippen molar-refractivity contribution in [2.75, 3.05) is 33.4 Å². The second-order valence-electron chi connectivity index (χ2n) is 7.28. The third kappa shape index (κ3) is 3.64. The van der Waals surface area contributed by atoms with Gasteiger partial charge in [0.25, 0.3) is 0 Å². The van der Waals surface area contributed by atoms with E-state index in [-0.39, 0.29) is 24.2 Å². The van der Waals surface area contributed by atoms with Gasteiger partial charge in [-0.1, -0.05) is 23.7 Å². The summed E-state index contributed by atoms with van der Waals surface area (Å²) in [5, 5.41) is 8.25. The van der Waals surface area contributed by atoms with Crippen molar-refractivity contribution in [2.45, 2.75) is 19.4 Å². The van der Waals surface area contributed by atoms with E-state index in [4.69, 9.17) is 16.3 Å². The van der Waals surface area contributed by atoms with Crippen molar-refractivity contribution in [3.63, 3.8) is 0 Å². The molecule has 2 aromatic rings. The fourth-order valence-corrected chi connectivity index (χ4v) is 4.07. The van der Waals surface area contributed by atoms with E-state index in [1.165, 1.54) is 0 Å². The molecule has 1 saturated heterocycles. The number of methoxy groups -OCH3 is 1. The third-order valence-electron chi connectivity index (χ3n) is 5.49. The first-order valence-corrected chi connectivity index (χ1v) is 9.82. The molecule has 1 atom stereocenters. The minimum absolute atomic E-state index is 0.0262. The molecule has 8 heteroatoms. The van der Waals surface area contributed by atoms with E-state index in [0.717, 1.165) is 28.9 Å². The standard InChI is InChI=1S/C20H23ClN4O3/c1-28-9-8-24-11-14(10-18(24)26)20(27)25-7-6-17-16(12-25)19(23-22-17)13-2-4-15(21)5-3-13/h2-5,14H,6-12H2,1H3,(H,22,23). The van der Waals surface area contributed by atoms with Crippen LogP contribution in [0.1, 0.15) is 17.7 Å². The van der Waals surface area contributed by atoms with Gasteiger partial charge < -0.3 is 14.5 Å². The van der Waals surface area contributed by atoms with Crippen molar-refractivity contribution < 1.29 is 14.3 Å². The van der Waals surface area contributed by atoms with Gasteiger partial charge in [-0.15, -0.1) is 0 Å². The van der Waals surface area contributed by atoms with Gasteiger partial charge in [0.05, 0.1) is 18.2 Å². The van der Waals surface area contributed by atoms with Crippen LogP contribution in [0.15, 0.2) is 24.3 Å². The second-order valence-corrected chi connectivity index (χ2v) is 7.72. The number of rotatable bonds is 5. The van der Waals surface area contributed by atoms with Crippen LogP contribution in [0, 0.1) is 5.92 Å². The molecule has 7 nitrogen and oxygen atoms in total. The van der Waals surface area contributed by atoms with E-state index in [2.05, 4.69) is 10.2 Å². The lowest BCUT2D eigenvalue weighted by atomic mass is 9.99. The first-order chi connectivity index (χ1) is 13.6. The van der Waals surface area contributed by atoms with Crippen molar-refractivity contribution in [3.8, 4) is 11.3 Å². The van der Waals surface area contributed by atoms with Crippen LogP contribution in [0.2, 0.25) is 5.02 Å². The zero-order valence-corrected chi connectivity index (χ0v) is 16.5. The summed E-state index contributed by atoms with van der Waals surface area (Å²) in [5.41, 5.74) is 3.94. The Hall–Kier alpha value is -2.38. The monoisotopic (exact) mass is 402 g/mol. The fraction of sp³-hybridized carbons (Fsp3) is 0.450. The van der Waals surface area contributed by atoms with E-state index in [1.807, 2.05) is 29.2 Å². The molecule has 1 fully saturated rings. The van der Waals surface area contributed by atoms with E-state index >= 15 is 0 Å². The Kier molecular flexibility index (Phi) is 5.37. The number of aromatic nitrogens is 2. The Balaban J connectivity index is 1.48. The summed E-state index contributed by atoms with van der Waals surface area (Å²) in [4.78, 5) is 28.8. The molecule has 1 unspecified atom stereocenters. The van der Waals surface area contributed by atoms with Crippen molar-refractivity contribution in [1.82, 2.24) is 20.0 Å². The number of halogens is 1. The SMILES string of the molecule is COCCN1CC(C(=O)N2CCc3[nH]nc(-c4ccc(Cl)cc4)c3C2)CC1=O. The molecule has 3 heterocycles. The number of ether oxygens (including phenoxy) is 1. The molecule has 1 N–H and O–H groups in total. The summed E-state index contributed by atoms with van der Waals surface area (Å²) in [6, 6.07) is 7.54. The quantitative estimate of drug-likeness (QED) is 0.830. The van der Waals surface area contributed by atoms with Gasteiger partial charge in [0.2, 0.25) is 11.8 Å². The van der Waals surface area contributed by atoms with E-state index in [1.54, 1.807) is 12.0 Å². The van der Waals surface area contributed by atoms with Crippen molar-refractivity contribution in [2.24, 2.45) is 5.92 Å². The number of aromatic amines is 1. The molecule has 2 aliphatic rings. The zero-order chi connectivity index (χ0) is 19.7. The highest BCUT2D eigenvalue weighted by Gasteiger charge is 2.37. The van der Waals surface area contributed by atoms with Gasteiger partial charge in [0, 0.05) is 68.0 Å². The summed E-state index contributed by atoms with van der Waals surface area (Å²) in [7, 11) is 1.61. The molecule has 0 saturated carbocycles. The summed E-state index contributed by atoms with van der Waals surface area (Å²) >= 11 is 5.99. The largest absolute Gasteiger partial charge is 0.383 e. The average molecular weight is 403 g/mol. The number of fused-ring (bicyclic) bond motifs is 1.